The Kier molecular flexibility index (Phi) is 6.35. The number of allylic oxidation sites excluding steroid dienone is 4. The summed E-state index contributed by atoms with van der Waals surface area (Å²) in [5, 5.41) is 20.6. The second kappa shape index (κ2) is 7.56. The first-order chi connectivity index (χ1) is 9.75. The quantitative estimate of drug-likeness (QED) is 0.695. The minimum Gasteiger partial charge on any atom is -0.507 e. The number of aromatic hydroxyl groups is 2. The third kappa shape index (κ3) is 4.53. The maximum atomic E-state index is 10.2. The van der Waals surface area contributed by atoms with E-state index >= 15 is 0 Å². The first-order valence-electron chi connectivity index (χ1n) is 7.24. The van der Waals surface area contributed by atoms with Crippen LogP contribution in [0.5, 0.6) is 11.5 Å². The molecule has 0 aliphatic heterocycles. The highest BCUT2D eigenvalue weighted by Crippen LogP contribution is 2.40. The normalized spacial score (nSPS) is 11.6. The van der Waals surface area contributed by atoms with Crippen LogP contribution >= 0.6 is 11.6 Å². The van der Waals surface area contributed by atoms with Crippen LogP contribution in [-0.2, 0) is 6.42 Å². The molecule has 0 saturated carbocycles. The molecule has 0 spiro atoms. The van der Waals surface area contributed by atoms with E-state index in [1.807, 2.05) is 13.0 Å². The number of rotatable bonds is 5. The molecule has 0 amide bonds. The van der Waals surface area contributed by atoms with Crippen molar-refractivity contribution < 1.29 is 10.2 Å². The van der Waals surface area contributed by atoms with Crippen molar-refractivity contribution in [3.8, 4) is 11.5 Å². The fourth-order valence-electron chi connectivity index (χ4n) is 2.15. The maximum Gasteiger partial charge on any atom is 0.141 e. The van der Waals surface area contributed by atoms with Crippen LogP contribution in [0, 0.1) is 13.8 Å². The average molecular weight is 309 g/mol. The van der Waals surface area contributed by atoms with Gasteiger partial charge in [0.1, 0.15) is 11.5 Å². The molecule has 2 nitrogen and oxygen atoms in total. The molecule has 0 heterocycles. The second-order valence-electron chi connectivity index (χ2n) is 5.81. The summed E-state index contributed by atoms with van der Waals surface area (Å²) in [5.41, 5.74) is 4.51. The van der Waals surface area contributed by atoms with Crippen LogP contribution in [0.3, 0.4) is 0 Å². The lowest BCUT2D eigenvalue weighted by molar-refractivity contribution is 0.437. The molecule has 1 aromatic rings. The first kappa shape index (κ1) is 17.6. The summed E-state index contributed by atoms with van der Waals surface area (Å²) in [6.07, 6.45) is 6.72. The predicted octanol–water partition coefficient (Wildman–Crippen LogP) is 5.60. The van der Waals surface area contributed by atoms with Gasteiger partial charge in [-0.1, -0.05) is 34.9 Å². The number of hydrogen-bond donors (Lipinski definition) is 2. The Bertz CT molecular complexity index is 550. The van der Waals surface area contributed by atoms with Gasteiger partial charge in [-0.3, -0.25) is 0 Å². The van der Waals surface area contributed by atoms with Gasteiger partial charge in [0, 0.05) is 5.56 Å². The molecule has 0 aromatic heterocycles. The summed E-state index contributed by atoms with van der Waals surface area (Å²) in [6.45, 7) is 9.85. The molecule has 0 radical (unpaired) electrons. The van der Waals surface area contributed by atoms with E-state index in [-0.39, 0.29) is 11.5 Å². The van der Waals surface area contributed by atoms with Crippen molar-refractivity contribution >= 4 is 11.6 Å². The van der Waals surface area contributed by atoms with Crippen LogP contribution in [0.15, 0.2) is 23.3 Å². The Hall–Kier alpha value is -1.41. The molecule has 2 N–H and O–H groups in total. The highest BCUT2D eigenvalue weighted by molar-refractivity contribution is 6.33. The van der Waals surface area contributed by atoms with E-state index in [9.17, 15) is 10.2 Å². The predicted molar refractivity (Wildman–Crippen MR) is 90.4 cm³/mol. The lowest BCUT2D eigenvalue weighted by Gasteiger charge is -2.13. The molecule has 0 aliphatic rings. The fraction of sp³-hybridized carbons (Fsp3) is 0.444. The molecule has 0 bridgehead atoms. The minimum atomic E-state index is -0.00869. The second-order valence-corrected chi connectivity index (χ2v) is 6.19. The zero-order valence-electron chi connectivity index (χ0n) is 13.5. The Morgan fingerprint density at radius 3 is 2.19 bits per heavy atom. The van der Waals surface area contributed by atoms with Crippen LogP contribution in [-0.4, -0.2) is 10.2 Å². The average Bonchev–Trinajstić information content (AvgIpc) is 2.42. The van der Waals surface area contributed by atoms with Crippen LogP contribution in [0.4, 0.5) is 0 Å². The van der Waals surface area contributed by atoms with Crippen molar-refractivity contribution in [3.05, 3.63) is 45.0 Å². The van der Waals surface area contributed by atoms with E-state index in [0.29, 0.717) is 17.0 Å². The number of halogens is 1. The van der Waals surface area contributed by atoms with Crippen molar-refractivity contribution in [1.29, 1.82) is 0 Å². The van der Waals surface area contributed by atoms with Gasteiger partial charge in [0.2, 0.25) is 0 Å². The van der Waals surface area contributed by atoms with E-state index in [2.05, 4.69) is 26.8 Å². The molecule has 0 atom stereocenters. The number of benzene rings is 1. The van der Waals surface area contributed by atoms with Crippen LogP contribution in [0.1, 0.15) is 50.3 Å². The van der Waals surface area contributed by atoms with Gasteiger partial charge in [0.15, 0.2) is 0 Å². The molecule has 116 valence electrons. The molecule has 0 saturated heterocycles. The highest BCUT2D eigenvalue weighted by Gasteiger charge is 2.17. The summed E-state index contributed by atoms with van der Waals surface area (Å²) in [7, 11) is 0. The van der Waals surface area contributed by atoms with Crippen LogP contribution in [0.2, 0.25) is 5.02 Å². The summed E-state index contributed by atoms with van der Waals surface area (Å²) in [5.74, 6) is 0.133. The van der Waals surface area contributed by atoms with Gasteiger partial charge < -0.3 is 10.2 Å². The zero-order valence-corrected chi connectivity index (χ0v) is 14.3. The molecule has 1 aromatic carbocycles. The molecular formula is C18H25ClO2. The van der Waals surface area contributed by atoms with Crippen molar-refractivity contribution in [2.45, 2.75) is 53.9 Å². The highest BCUT2D eigenvalue weighted by atomic mass is 35.5. The summed E-state index contributed by atoms with van der Waals surface area (Å²) in [6, 6.07) is 0. The minimum absolute atomic E-state index is 0.00869. The molecule has 3 heteroatoms. The molecule has 1 rings (SSSR count). The van der Waals surface area contributed by atoms with Crippen molar-refractivity contribution in [2.75, 3.05) is 0 Å². The zero-order chi connectivity index (χ0) is 16.2. The summed E-state index contributed by atoms with van der Waals surface area (Å²) >= 11 is 6.10. The topological polar surface area (TPSA) is 40.5 Å². The van der Waals surface area contributed by atoms with E-state index < -0.39 is 0 Å². The SMILES string of the molecule is CC(C)=CCC/C(C)=C/Cc1c(O)c(C)c(C)c(Cl)c1O. The lowest BCUT2D eigenvalue weighted by atomic mass is 9.99. The van der Waals surface area contributed by atoms with Gasteiger partial charge in [-0.25, -0.2) is 0 Å². The standard InChI is InChI=1S/C18H25ClO2/c1-11(2)7-6-8-12(3)9-10-15-17(20)14(5)13(4)16(19)18(15)21/h7,9,20-21H,6,8,10H2,1-5H3/b12-9+. The summed E-state index contributed by atoms with van der Waals surface area (Å²) < 4.78 is 0. The molecule has 0 unspecified atom stereocenters. The van der Waals surface area contributed by atoms with Gasteiger partial charge in [-0.05, 0) is 65.0 Å². The largest absolute Gasteiger partial charge is 0.507 e. The van der Waals surface area contributed by atoms with E-state index in [1.54, 1.807) is 6.92 Å². The number of phenolic OH excluding ortho intramolecular Hbond substituents is 2. The van der Waals surface area contributed by atoms with Crippen LogP contribution in [0.25, 0.3) is 0 Å². The Morgan fingerprint density at radius 1 is 1.00 bits per heavy atom. The van der Waals surface area contributed by atoms with Crippen molar-refractivity contribution in [1.82, 2.24) is 0 Å². The summed E-state index contributed by atoms with van der Waals surface area (Å²) in [4.78, 5) is 0. The van der Waals surface area contributed by atoms with Gasteiger partial charge in [-0.2, -0.15) is 0 Å². The molecule has 21 heavy (non-hydrogen) atoms. The van der Waals surface area contributed by atoms with Crippen molar-refractivity contribution in [2.24, 2.45) is 0 Å². The fourth-order valence-corrected chi connectivity index (χ4v) is 2.41. The van der Waals surface area contributed by atoms with Gasteiger partial charge in [-0.15, -0.1) is 0 Å². The Morgan fingerprint density at radius 2 is 1.62 bits per heavy atom. The Balaban J connectivity index is 2.91. The van der Waals surface area contributed by atoms with Crippen LogP contribution < -0.4 is 0 Å². The van der Waals surface area contributed by atoms with E-state index in [1.165, 1.54) is 11.1 Å². The number of phenols is 2. The third-order valence-electron chi connectivity index (χ3n) is 3.77. The first-order valence-corrected chi connectivity index (χ1v) is 7.62. The molecular weight excluding hydrogens is 284 g/mol. The number of hydrogen-bond acceptors (Lipinski definition) is 2. The smallest absolute Gasteiger partial charge is 0.141 e. The van der Waals surface area contributed by atoms with E-state index in [0.717, 1.165) is 24.0 Å². The van der Waals surface area contributed by atoms with Gasteiger partial charge in [0.25, 0.3) is 0 Å². The van der Waals surface area contributed by atoms with Gasteiger partial charge in [0.05, 0.1) is 5.02 Å². The molecule has 0 aliphatic carbocycles. The maximum absolute atomic E-state index is 10.2. The Labute approximate surface area is 132 Å². The van der Waals surface area contributed by atoms with Crippen molar-refractivity contribution in [3.63, 3.8) is 0 Å². The van der Waals surface area contributed by atoms with E-state index in [4.69, 9.17) is 11.6 Å². The lowest BCUT2D eigenvalue weighted by Crippen LogP contribution is -1.93. The van der Waals surface area contributed by atoms with Gasteiger partial charge >= 0.3 is 0 Å². The third-order valence-corrected chi connectivity index (χ3v) is 4.23. The molecule has 0 fully saturated rings. The monoisotopic (exact) mass is 308 g/mol.